The third-order valence-electron chi connectivity index (χ3n) is 2.87. The van der Waals surface area contributed by atoms with Crippen molar-refractivity contribution in [2.75, 3.05) is 32.7 Å². The maximum atomic E-state index is 14.0. The standard InChI is InChI=1S/C12H16ClFN2/c13-11-4-2-1-3-10(11)12(14)9-16-7-5-15-6-8-16/h1-4,12,15H,5-9H2/t12-/m0/s1. The highest BCUT2D eigenvalue weighted by Crippen LogP contribution is 2.26. The zero-order chi connectivity index (χ0) is 11.4. The van der Waals surface area contributed by atoms with Crippen molar-refractivity contribution in [1.82, 2.24) is 10.2 Å². The molecule has 1 aromatic carbocycles. The van der Waals surface area contributed by atoms with E-state index in [4.69, 9.17) is 11.6 Å². The topological polar surface area (TPSA) is 15.3 Å². The van der Waals surface area contributed by atoms with Gasteiger partial charge in [0, 0.05) is 43.3 Å². The van der Waals surface area contributed by atoms with Gasteiger partial charge in [-0.2, -0.15) is 0 Å². The smallest absolute Gasteiger partial charge is 0.139 e. The molecule has 1 saturated heterocycles. The second kappa shape index (κ2) is 5.62. The van der Waals surface area contributed by atoms with Crippen molar-refractivity contribution in [2.24, 2.45) is 0 Å². The van der Waals surface area contributed by atoms with Gasteiger partial charge in [-0.25, -0.2) is 4.39 Å². The highest BCUT2D eigenvalue weighted by atomic mass is 35.5. The summed E-state index contributed by atoms with van der Waals surface area (Å²) in [6.45, 7) is 4.13. The molecule has 1 N–H and O–H groups in total. The molecule has 0 bridgehead atoms. The maximum Gasteiger partial charge on any atom is 0.139 e. The maximum absolute atomic E-state index is 14.0. The van der Waals surface area contributed by atoms with E-state index < -0.39 is 6.17 Å². The van der Waals surface area contributed by atoms with Gasteiger partial charge in [0.2, 0.25) is 0 Å². The van der Waals surface area contributed by atoms with Crippen LogP contribution in [-0.4, -0.2) is 37.6 Å². The van der Waals surface area contributed by atoms with Gasteiger partial charge in [-0.05, 0) is 6.07 Å². The minimum Gasteiger partial charge on any atom is -0.314 e. The average molecular weight is 243 g/mol. The summed E-state index contributed by atoms with van der Waals surface area (Å²) < 4.78 is 14.0. The van der Waals surface area contributed by atoms with Gasteiger partial charge in [0.05, 0.1) is 0 Å². The molecule has 1 aliphatic heterocycles. The van der Waals surface area contributed by atoms with Crippen LogP contribution in [0.3, 0.4) is 0 Å². The zero-order valence-electron chi connectivity index (χ0n) is 9.13. The summed E-state index contributed by atoms with van der Waals surface area (Å²) in [6, 6.07) is 7.14. The van der Waals surface area contributed by atoms with Crippen molar-refractivity contribution in [3.63, 3.8) is 0 Å². The van der Waals surface area contributed by atoms with Gasteiger partial charge in [-0.1, -0.05) is 29.8 Å². The van der Waals surface area contributed by atoms with Gasteiger partial charge in [0.1, 0.15) is 6.17 Å². The first-order chi connectivity index (χ1) is 7.77. The van der Waals surface area contributed by atoms with Crippen LogP contribution >= 0.6 is 11.6 Å². The molecule has 0 aliphatic carbocycles. The van der Waals surface area contributed by atoms with Crippen LogP contribution in [0, 0.1) is 0 Å². The normalized spacial score (nSPS) is 19.6. The Labute approximate surface area is 100 Å². The Morgan fingerprint density at radius 3 is 2.69 bits per heavy atom. The number of alkyl halides is 1. The molecule has 2 nitrogen and oxygen atoms in total. The molecule has 1 fully saturated rings. The summed E-state index contributed by atoms with van der Waals surface area (Å²) in [4.78, 5) is 2.13. The molecular formula is C12H16ClFN2. The number of benzene rings is 1. The first kappa shape index (κ1) is 11.8. The SMILES string of the molecule is F[C@@H](CN1CCNCC1)c1ccccc1Cl. The van der Waals surface area contributed by atoms with E-state index in [1.807, 2.05) is 12.1 Å². The predicted molar refractivity (Wildman–Crippen MR) is 64.6 cm³/mol. The quantitative estimate of drug-likeness (QED) is 0.875. The van der Waals surface area contributed by atoms with Crippen molar-refractivity contribution in [2.45, 2.75) is 6.17 Å². The lowest BCUT2D eigenvalue weighted by Crippen LogP contribution is -2.44. The lowest BCUT2D eigenvalue weighted by molar-refractivity contribution is 0.175. The molecule has 4 heteroatoms. The lowest BCUT2D eigenvalue weighted by atomic mass is 10.1. The van der Waals surface area contributed by atoms with Crippen LogP contribution in [0.4, 0.5) is 4.39 Å². The molecule has 0 radical (unpaired) electrons. The summed E-state index contributed by atoms with van der Waals surface area (Å²) in [7, 11) is 0. The summed E-state index contributed by atoms with van der Waals surface area (Å²) in [5.41, 5.74) is 0.600. The summed E-state index contributed by atoms with van der Waals surface area (Å²) in [5.74, 6) is 0. The summed E-state index contributed by atoms with van der Waals surface area (Å²) >= 11 is 5.97. The van der Waals surface area contributed by atoms with E-state index in [0.717, 1.165) is 26.2 Å². The first-order valence-electron chi connectivity index (χ1n) is 5.59. The van der Waals surface area contributed by atoms with Crippen LogP contribution in [0.15, 0.2) is 24.3 Å². The largest absolute Gasteiger partial charge is 0.314 e. The van der Waals surface area contributed by atoms with Crippen molar-refractivity contribution in [3.8, 4) is 0 Å². The van der Waals surface area contributed by atoms with Crippen LogP contribution in [0.25, 0.3) is 0 Å². The Bertz CT molecular complexity index is 340. The molecule has 0 amide bonds. The van der Waals surface area contributed by atoms with E-state index in [1.165, 1.54) is 0 Å². The minimum atomic E-state index is -0.994. The third-order valence-corrected chi connectivity index (χ3v) is 3.21. The Morgan fingerprint density at radius 2 is 2.00 bits per heavy atom. The molecule has 0 unspecified atom stereocenters. The Kier molecular flexibility index (Phi) is 4.16. The summed E-state index contributed by atoms with van der Waals surface area (Å²) in [5, 5.41) is 3.77. The fourth-order valence-corrected chi connectivity index (χ4v) is 2.20. The molecule has 0 aromatic heterocycles. The van der Waals surface area contributed by atoms with Crippen LogP contribution < -0.4 is 5.32 Å². The van der Waals surface area contributed by atoms with E-state index in [1.54, 1.807) is 12.1 Å². The van der Waals surface area contributed by atoms with Crippen molar-refractivity contribution in [1.29, 1.82) is 0 Å². The highest BCUT2D eigenvalue weighted by Gasteiger charge is 2.18. The van der Waals surface area contributed by atoms with Crippen LogP contribution in [0.5, 0.6) is 0 Å². The minimum absolute atomic E-state index is 0.436. The highest BCUT2D eigenvalue weighted by molar-refractivity contribution is 6.31. The summed E-state index contributed by atoms with van der Waals surface area (Å²) in [6.07, 6.45) is -0.994. The van der Waals surface area contributed by atoms with Gasteiger partial charge >= 0.3 is 0 Å². The molecular weight excluding hydrogens is 227 g/mol. The van der Waals surface area contributed by atoms with Crippen LogP contribution in [-0.2, 0) is 0 Å². The van der Waals surface area contributed by atoms with Gasteiger partial charge in [0.15, 0.2) is 0 Å². The molecule has 16 heavy (non-hydrogen) atoms. The van der Waals surface area contributed by atoms with Crippen molar-refractivity contribution < 1.29 is 4.39 Å². The number of rotatable bonds is 3. The van der Waals surface area contributed by atoms with E-state index in [9.17, 15) is 4.39 Å². The van der Waals surface area contributed by atoms with E-state index in [0.29, 0.717) is 17.1 Å². The van der Waals surface area contributed by atoms with Gasteiger partial charge in [-0.3, -0.25) is 4.90 Å². The van der Waals surface area contributed by atoms with Gasteiger partial charge in [0.25, 0.3) is 0 Å². The number of nitrogens with zero attached hydrogens (tertiary/aromatic N) is 1. The number of nitrogens with one attached hydrogen (secondary N) is 1. The van der Waals surface area contributed by atoms with Crippen LogP contribution in [0.2, 0.25) is 5.02 Å². The van der Waals surface area contributed by atoms with Crippen LogP contribution in [0.1, 0.15) is 11.7 Å². The number of hydrogen-bond donors (Lipinski definition) is 1. The second-order valence-corrected chi connectivity index (χ2v) is 4.45. The van der Waals surface area contributed by atoms with E-state index >= 15 is 0 Å². The molecule has 1 heterocycles. The van der Waals surface area contributed by atoms with Gasteiger partial charge < -0.3 is 5.32 Å². The number of piperazine rings is 1. The fraction of sp³-hybridized carbons (Fsp3) is 0.500. The Hall–Kier alpha value is -0.640. The Morgan fingerprint density at radius 1 is 1.31 bits per heavy atom. The monoisotopic (exact) mass is 242 g/mol. The predicted octanol–water partition coefficient (Wildman–Crippen LogP) is 2.26. The molecule has 88 valence electrons. The molecule has 1 aliphatic rings. The Balaban J connectivity index is 1.96. The molecule has 0 saturated carbocycles. The number of halogens is 2. The zero-order valence-corrected chi connectivity index (χ0v) is 9.88. The molecule has 1 atom stereocenters. The second-order valence-electron chi connectivity index (χ2n) is 4.04. The molecule has 0 spiro atoms. The van der Waals surface area contributed by atoms with Crippen molar-refractivity contribution >= 4 is 11.6 Å². The van der Waals surface area contributed by atoms with E-state index in [-0.39, 0.29) is 0 Å². The van der Waals surface area contributed by atoms with E-state index in [2.05, 4.69) is 10.2 Å². The third kappa shape index (κ3) is 2.94. The van der Waals surface area contributed by atoms with Crippen molar-refractivity contribution in [3.05, 3.63) is 34.9 Å². The fourth-order valence-electron chi connectivity index (χ4n) is 1.95. The molecule has 1 aromatic rings. The lowest BCUT2D eigenvalue weighted by Gasteiger charge is -2.28. The first-order valence-corrected chi connectivity index (χ1v) is 5.97. The van der Waals surface area contributed by atoms with Gasteiger partial charge in [-0.15, -0.1) is 0 Å². The average Bonchev–Trinajstić information content (AvgIpc) is 2.31. The number of hydrogen-bond acceptors (Lipinski definition) is 2. The molecule has 2 rings (SSSR count).